The van der Waals surface area contributed by atoms with Crippen LogP contribution in [0.2, 0.25) is 0 Å². The fraction of sp³-hybridized carbons (Fsp3) is 0.476. The molecule has 2 aromatic rings. The maximum absolute atomic E-state index is 12.2. The number of para-hydroxylation sites is 1. The SMILES string of the molecule is Cc1ccc(C(CNC(=O)COc2ccccc2)N2CCC(C)CC2)o1. The van der Waals surface area contributed by atoms with Crippen LogP contribution < -0.4 is 10.1 Å². The second-order valence-electron chi connectivity index (χ2n) is 7.09. The number of hydrogen-bond donors (Lipinski definition) is 1. The van der Waals surface area contributed by atoms with Crippen molar-refractivity contribution in [3.63, 3.8) is 0 Å². The lowest BCUT2D eigenvalue weighted by Crippen LogP contribution is -2.42. The number of nitrogens with one attached hydrogen (secondary N) is 1. The number of benzene rings is 1. The number of rotatable bonds is 7. The predicted molar refractivity (Wildman–Crippen MR) is 101 cm³/mol. The summed E-state index contributed by atoms with van der Waals surface area (Å²) in [5.41, 5.74) is 0. The van der Waals surface area contributed by atoms with Crippen molar-refractivity contribution in [2.75, 3.05) is 26.2 Å². The molecule has 1 amide bonds. The number of aryl methyl sites for hydroxylation is 1. The number of nitrogens with zero attached hydrogens (tertiary/aromatic N) is 1. The van der Waals surface area contributed by atoms with Gasteiger partial charge in [-0.3, -0.25) is 9.69 Å². The standard InChI is InChI=1S/C21H28N2O3/c1-16-10-12-23(13-11-16)19(20-9-8-17(2)26-20)14-22-21(24)15-25-18-6-4-3-5-7-18/h3-9,16,19H,10-15H2,1-2H3,(H,22,24). The van der Waals surface area contributed by atoms with Crippen molar-refractivity contribution in [2.24, 2.45) is 5.92 Å². The van der Waals surface area contributed by atoms with Crippen LogP contribution in [-0.4, -0.2) is 37.0 Å². The minimum Gasteiger partial charge on any atom is -0.484 e. The van der Waals surface area contributed by atoms with E-state index in [4.69, 9.17) is 9.15 Å². The summed E-state index contributed by atoms with van der Waals surface area (Å²) in [6, 6.07) is 13.5. The molecule has 3 rings (SSSR count). The fourth-order valence-corrected chi connectivity index (χ4v) is 3.31. The van der Waals surface area contributed by atoms with Gasteiger partial charge in [-0.15, -0.1) is 0 Å². The molecule has 5 nitrogen and oxygen atoms in total. The van der Waals surface area contributed by atoms with Gasteiger partial charge in [-0.1, -0.05) is 25.1 Å². The number of hydrogen-bond acceptors (Lipinski definition) is 4. The van der Waals surface area contributed by atoms with Crippen LogP contribution in [0.15, 0.2) is 46.9 Å². The molecule has 1 aromatic carbocycles. The Balaban J connectivity index is 1.56. The molecule has 1 aliphatic rings. The second-order valence-corrected chi connectivity index (χ2v) is 7.09. The molecule has 0 spiro atoms. The van der Waals surface area contributed by atoms with E-state index in [0.717, 1.165) is 30.5 Å². The highest BCUT2D eigenvalue weighted by Gasteiger charge is 2.27. The van der Waals surface area contributed by atoms with Crippen molar-refractivity contribution < 1.29 is 13.9 Å². The third kappa shape index (κ3) is 5.11. The van der Waals surface area contributed by atoms with Gasteiger partial charge < -0.3 is 14.5 Å². The highest BCUT2D eigenvalue weighted by Crippen LogP contribution is 2.27. The molecule has 0 saturated carbocycles. The molecule has 26 heavy (non-hydrogen) atoms. The van der Waals surface area contributed by atoms with Crippen LogP contribution in [-0.2, 0) is 4.79 Å². The van der Waals surface area contributed by atoms with E-state index in [9.17, 15) is 4.79 Å². The van der Waals surface area contributed by atoms with Crippen LogP contribution in [0.5, 0.6) is 5.75 Å². The molecule has 5 heteroatoms. The third-order valence-corrected chi connectivity index (χ3v) is 4.95. The summed E-state index contributed by atoms with van der Waals surface area (Å²) in [7, 11) is 0. The van der Waals surface area contributed by atoms with Gasteiger partial charge >= 0.3 is 0 Å². The van der Waals surface area contributed by atoms with Gasteiger partial charge in [0.15, 0.2) is 6.61 Å². The Morgan fingerprint density at radius 1 is 1.23 bits per heavy atom. The van der Waals surface area contributed by atoms with Crippen molar-refractivity contribution in [3.8, 4) is 5.75 Å². The normalized spacial score (nSPS) is 17.0. The second kappa shape index (κ2) is 8.90. The molecular formula is C21H28N2O3. The zero-order valence-corrected chi connectivity index (χ0v) is 15.6. The van der Waals surface area contributed by atoms with Gasteiger partial charge in [0.2, 0.25) is 0 Å². The lowest BCUT2D eigenvalue weighted by molar-refractivity contribution is -0.123. The summed E-state index contributed by atoms with van der Waals surface area (Å²) in [6.07, 6.45) is 2.36. The Morgan fingerprint density at radius 2 is 1.96 bits per heavy atom. The number of ether oxygens (including phenoxy) is 1. The van der Waals surface area contributed by atoms with E-state index in [1.165, 1.54) is 12.8 Å². The van der Waals surface area contributed by atoms with E-state index in [2.05, 4.69) is 17.1 Å². The van der Waals surface area contributed by atoms with Crippen molar-refractivity contribution >= 4 is 5.91 Å². The first-order chi connectivity index (χ1) is 12.6. The average molecular weight is 356 g/mol. The first-order valence-corrected chi connectivity index (χ1v) is 9.37. The zero-order chi connectivity index (χ0) is 18.4. The van der Waals surface area contributed by atoms with E-state index in [-0.39, 0.29) is 18.6 Å². The van der Waals surface area contributed by atoms with E-state index < -0.39 is 0 Å². The Labute approximate surface area is 155 Å². The monoisotopic (exact) mass is 356 g/mol. The summed E-state index contributed by atoms with van der Waals surface area (Å²) in [5.74, 6) is 3.16. The number of piperidine rings is 1. The minimum absolute atomic E-state index is 0.0188. The van der Waals surface area contributed by atoms with Crippen LogP contribution in [0, 0.1) is 12.8 Å². The zero-order valence-electron chi connectivity index (χ0n) is 15.6. The largest absolute Gasteiger partial charge is 0.484 e. The maximum atomic E-state index is 12.2. The molecule has 1 saturated heterocycles. The summed E-state index contributed by atoms with van der Waals surface area (Å²) >= 11 is 0. The summed E-state index contributed by atoms with van der Waals surface area (Å²) in [6.45, 7) is 6.85. The molecule has 0 radical (unpaired) electrons. The highest BCUT2D eigenvalue weighted by molar-refractivity contribution is 5.77. The molecule has 2 heterocycles. The van der Waals surface area contributed by atoms with Crippen molar-refractivity contribution in [3.05, 3.63) is 54.0 Å². The van der Waals surface area contributed by atoms with Crippen LogP contribution >= 0.6 is 0 Å². The van der Waals surface area contributed by atoms with E-state index >= 15 is 0 Å². The number of likely N-dealkylation sites (tertiary alicyclic amines) is 1. The Kier molecular flexibility index (Phi) is 6.34. The predicted octanol–water partition coefficient (Wildman–Crippen LogP) is 3.56. The van der Waals surface area contributed by atoms with E-state index in [1.807, 2.05) is 49.4 Å². The molecule has 140 valence electrons. The third-order valence-electron chi connectivity index (χ3n) is 4.95. The smallest absolute Gasteiger partial charge is 0.258 e. The highest BCUT2D eigenvalue weighted by atomic mass is 16.5. The van der Waals surface area contributed by atoms with Crippen LogP contribution in [0.25, 0.3) is 0 Å². The fourth-order valence-electron chi connectivity index (χ4n) is 3.31. The topological polar surface area (TPSA) is 54.7 Å². The summed E-state index contributed by atoms with van der Waals surface area (Å²) in [4.78, 5) is 14.6. The lowest BCUT2D eigenvalue weighted by Gasteiger charge is -2.35. The maximum Gasteiger partial charge on any atom is 0.258 e. The molecule has 1 aromatic heterocycles. The minimum atomic E-state index is -0.118. The van der Waals surface area contributed by atoms with Gasteiger partial charge in [0.1, 0.15) is 17.3 Å². The molecule has 1 N–H and O–H groups in total. The molecule has 0 bridgehead atoms. The van der Waals surface area contributed by atoms with Gasteiger partial charge in [-0.25, -0.2) is 0 Å². The molecule has 0 aliphatic carbocycles. The van der Waals surface area contributed by atoms with E-state index in [1.54, 1.807) is 0 Å². The van der Waals surface area contributed by atoms with Crippen LogP contribution in [0.3, 0.4) is 0 Å². The molecule has 1 aliphatic heterocycles. The van der Waals surface area contributed by atoms with Crippen LogP contribution in [0.4, 0.5) is 0 Å². The van der Waals surface area contributed by atoms with Crippen molar-refractivity contribution in [2.45, 2.75) is 32.7 Å². The van der Waals surface area contributed by atoms with Gasteiger partial charge in [0.25, 0.3) is 5.91 Å². The van der Waals surface area contributed by atoms with E-state index in [0.29, 0.717) is 12.3 Å². The first-order valence-electron chi connectivity index (χ1n) is 9.37. The number of carbonyl (C=O) groups excluding carboxylic acids is 1. The van der Waals surface area contributed by atoms with Gasteiger partial charge in [-0.2, -0.15) is 0 Å². The van der Waals surface area contributed by atoms with Crippen LogP contribution in [0.1, 0.15) is 37.3 Å². The molecule has 1 unspecified atom stereocenters. The lowest BCUT2D eigenvalue weighted by atomic mass is 9.97. The molecular weight excluding hydrogens is 328 g/mol. The number of amides is 1. The Hall–Kier alpha value is -2.27. The Morgan fingerprint density at radius 3 is 2.62 bits per heavy atom. The molecule has 1 fully saturated rings. The van der Waals surface area contributed by atoms with Crippen molar-refractivity contribution in [1.29, 1.82) is 0 Å². The van der Waals surface area contributed by atoms with Gasteiger partial charge in [0.05, 0.1) is 6.04 Å². The average Bonchev–Trinajstić information content (AvgIpc) is 3.08. The first kappa shape index (κ1) is 18.5. The summed E-state index contributed by atoms with van der Waals surface area (Å²) in [5, 5.41) is 3.00. The molecule has 1 atom stereocenters. The number of furan rings is 1. The number of carbonyl (C=O) groups is 1. The Bertz CT molecular complexity index is 690. The van der Waals surface area contributed by atoms with Gasteiger partial charge in [0, 0.05) is 6.54 Å². The van der Waals surface area contributed by atoms with Gasteiger partial charge in [-0.05, 0) is 63.0 Å². The summed E-state index contributed by atoms with van der Waals surface area (Å²) < 4.78 is 11.4. The quantitative estimate of drug-likeness (QED) is 0.824. The van der Waals surface area contributed by atoms with Crippen molar-refractivity contribution in [1.82, 2.24) is 10.2 Å².